The first-order valence-electron chi connectivity index (χ1n) is 7.61. The molecule has 9 heteroatoms. The Morgan fingerprint density at radius 1 is 1.27 bits per heavy atom. The summed E-state index contributed by atoms with van der Waals surface area (Å²) in [6, 6.07) is 0. The Kier molecular flexibility index (Phi) is 12.2. The number of halogens is 1. The van der Waals surface area contributed by atoms with Crippen LogP contribution in [0.3, 0.4) is 0 Å². The number of sulfonamides is 1. The van der Waals surface area contributed by atoms with Crippen LogP contribution in [0.2, 0.25) is 0 Å². The number of hydrogen-bond acceptors (Lipinski definition) is 4. The number of nitrogens with zero attached hydrogens (tertiary/aromatic N) is 1. The summed E-state index contributed by atoms with van der Waals surface area (Å²) in [4.78, 5) is 4.02. The zero-order valence-electron chi connectivity index (χ0n) is 13.4. The summed E-state index contributed by atoms with van der Waals surface area (Å²) in [5, 5.41) is 6.08. The van der Waals surface area contributed by atoms with E-state index in [9.17, 15) is 8.42 Å². The minimum Gasteiger partial charge on any atom is -0.377 e. The fourth-order valence-corrected chi connectivity index (χ4v) is 2.98. The maximum atomic E-state index is 11.9. The van der Waals surface area contributed by atoms with E-state index in [1.807, 2.05) is 0 Å². The van der Waals surface area contributed by atoms with Crippen molar-refractivity contribution in [2.24, 2.45) is 4.99 Å². The Morgan fingerprint density at radius 3 is 2.59 bits per heavy atom. The molecular formula is C13H29IN4O3S. The van der Waals surface area contributed by atoms with Gasteiger partial charge in [0.25, 0.3) is 0 Å². The Morgan fingerprint density at radius 2 is 2.00 bits per heavy atom. The van der Waals surface area contributed by atoms with Crippen molar-refractivity contribution in [1.29, 1.82) is 0 Å². The molecule has 3 N–H and O–H groups in total. The van der Waals surface area contributed by atoms with Crippen LogP contribution in [0.25, 0.3) is 0 Å². The summed E-state index contributed by atoms with van der Waals surface area (Å²) in [5.41, 5.74) is 0. The Bertz CT molecular complexity index is 412. The molecule has 1 aliphatic rings. The molecule has 1 unspecified atom stereocenters. The first-order valence-corrected chi connectivity index (χ1v) is 9.26. The van der Waals surface area contributed by atoms with Gasteiger partial charge >= 0.3 is 0 Å². The summed E-state index contributed by atoms with van der Waals surface area (Å²) in [6.45, 7) is 4.29. The minimum absolute atomic E-state index is 0. The molecule has 0 radical (unpaired) electrons. The van der Waals surface area contributed by atoms with E-state index in [1.54, 1.807) is 7.05 Å². The van der Waals surface area contributed by atoms with E-state index in [2.05, 4.69) is 27.3 Å². The molecule has 0 aromatic rings. The van der Waals surface area contributed by atoms with Gasteiger partial charge < -0.3 is 15.4 Å². The van der Waals surface area contributed by atoms with Gasteiger partial charge in [-0.3, -0.25) is 4.99 Å². The molecule has 0 saturated carbocycles. The molecule has 0 bridgehead atoms. The molecule has 1 atom stereocenters. The van der Waals surface area contributed by atoms with Crippen LogP contribution < -0.4 is 15.4 Å². The Labute approximate surface area is 151 Å². The lowest BCUT2D eigenvalue weighted by atomic mass is 10.1. The SMILES string of the molecule is CCCNC(=NC)NCCS(=O)(=O)NCC1CCCCO1.I. The maximum Gasteiger partial charge on any atom is 0.213 e. The Hall–Kier alpha value is -0.130. The van der Waals surface area contributed by atoms with Gasteiger partial charge in [0.05, 0.1) is 11.9 Å². The molecule has 0 spiro atoms. The van der Waals surface area contributed by atoms with Crippen LogP contribution in [0.1, 0.15) is 32.6 Å². The molecule has 0 aliphatic carbocycles. The monoisotopic (exact) mass is 448 g/mol. The van der Waals surface area contributed by atoms with Crippen molar-refractivity contribution in [3.05, 3.63) is 0 Å². The third-order valence-electron chi connectivity index (χ3n) is 3.23. The fraction of sp³-hybridized carbons (Fsp3) is 0.923. The summed E-state index contributed by atoms with van der Waals surface area (Å²) < 4.78 is 31.9. The summed E-state index contributed by atoms with van der Waals surface area (Å²) in [5.74, 6) is 0.648. The third-order valence-corrected chi connectivity index (χ3v) is 4.58. The van der Waals surface area contributed by atoms with Gasteiger partial charge in [0.15, 0.2) is 5.96 Å². The van der Waals surface area contributed by atoms with Crippen LogP contribution in [-0.4, -0.2) is 59.5 Å². The number of aliphatic imine (C=N–C) groups is 1. The van der Waals surface area contributed by atoms with Gasteiger partial charge in [0.1, 0.15) is 0 Å². The second kappa shape index (κ2) is 12.3. The molecular weight excluding hydrogens is 419 g/mol. The highest BCUT2D eigenvalue weighted by atomic mass is 127. The summed E-state index contributed by atoms with van der Waals surface area (Å²) in [7, 11) is -1.62. The zero-order valence-corrected chi connectivity index (χ0v) is 16.6. The average molecular weight is 448 g/mol. The van der Waals surface area contributed by atoms with Crippen molar-refractivity contribution in [3.63, 3.8) is 0 Å². The standard InChI is InChI=1S/C13H28N4O3S.HI/c1-3-7-15-13(14-2)16-8-10-21(18,19)17-11-12-6-4-5-9-20-12;/h12,17H,3-11H2,1-2H3,(H2,14,15,16);1H. The predicted molar refractivity (Wildman–Crippen MR) is 100 cm³/mol. The molecule has 0 aromatic carbocycles. The lowest BCUT2D eigenvalue weighted by molar-refractivity contribution is 0.0200. The summed E-state index contributed by atoms with van der Waals surface area (Å²) >= 11 is 0. The minimum atomic E-state index is -3.28. The van der Waals surface area contributed by atoms with Gasteiger partial charge in [-0.05, 0) is 25.7 Å². The van der Waals surface area contributed by atoms with E-state index in [0.717, 1.165) is 38.8 Å². The van der Waals surface area contributed by atoms with Crippen molar-refractivity contribution < 1.29 is 13.2 Å². The molecule has 1 heterocycles. The number of nitrogens with one attached hydrogen (secondary N) is 3. The normalized spacial score (nSPS) is 19.4. The van der Waals surface area contributed by atoms with Crippen molar-refractivity contribution in [3.8, 4) is 0 Å². The maximum absolute atomic E-state index is 11.9. The molecule has 7 nitrogen and oxygen atoms in total. The number of hydrogen-bond donors (Lipinski definition) is 3. The van der Waals surface area contributed by atoms with E-state index in [-0.39, 0.29) is 35.8 Å². The molecule has 1 aliphatic heterocycles. The van der Waals surface area contributed by atoms with Crippen LogP contribution in [-0.2, 0) is 14.8 Å². The number of rotatable bonds is 8. The van der Waals surface area contributed by atoms with Crippen molar-refractivity contribution in [1.82, 2.24) is 15.4 Å². The van der Waals surface area contributed by atoms with Gasteiger partial charge in [0.2, 0.25) is 10.0 Å². The van der Waals surface area contributed by atoms with E-state index in [0.29, 0.717) is 19.0 Å². The quantitative estimate of drug-likeness (QED) is 0.289. The second-order valence-corrected chi connectivity index (χ2v) is 7.01. The number of guanidine groups is 1. The largest absolute Gasteiger partial charge is 0.377 e. The average Bonchev–Trinajstić information content (AvgIpc) is 2.50. The highest BCUT2D eigenvalue weighted by Gasteiger charge is 2.17. The third kappa shape index (κ3) is 9.80. The highest BCUT2D eigenvalue weighted by molar-refractivity contribution is 14.0. The predicted octanol–water partition coefficient (Wildman–Crippen LogP) is 0.668. The van der Waals surface area contributed by atoms with Gasteiger partial charge in [0, 0.05) is 33.3 Å². The molecule has 1 fully saturated rings. The van der Waals surface area contributed by atoms with Gasteiger partial charge in [-0.25, -0.2) is 13.1 Å². The van der Waals surface area contributed by atoms with Crippen LogP contribution in [0.15, 0.2) is 4.99 Å². The topological polar surface area (TPSA) is 91.8 Å². The smallest absolute Gasteiger partial charge is 0.213 e. The Balaban J connectivity index is 0.00000441. The van der Waals surface area contributed by atoms with E-state index >= 15 is 0 Å². The summed E-state index contributed by atoms with van der Waals surface area (Å²) in [6.07, 6.45) is 4.10. The van der Waals surface area contributed by atoms with Gasteiger partial charge in [-0.2, -0.15) is 0 Å². The molecule has 22 heavy (non-hydrogen) atoms. The van der Waals surface area contributed by atoms with Gasteiger partial charge in [-0.1, -0.05) is 6.92 Å². The zero-order chi connectivity index (χ0) is 15.6. The van der Waals surface area contributed by atoms with Crippen molar-refractivity contribution in [2.45, 2.75) is 38.7 Å². The first-order chi connectivity index (χ1) is 10.1. The van der Waals surface area contributed by atoms with Crippen molar-refractivity contribution >= 4 is 40.0 Å². The highest BCUT2D eigenvalue weighted by Crippen LogP contribution is 2.11. The number of ether oxygens (including phenoxy) is 1. The fourth-order valence-electron chi connectivity index (χ4n) is 2.03. The molecule has 1 rings (SSSR count). The van der Waals surface area contributed by atoms with E-state index in [4.69, 9.17) is 4.74 Å². The van der Waals surface area contributed by atoms with Gasteiger partial charge in [-0.15, -0.1) is 24.0 Å². The van der Waals surface area contributed by atoms with Crippen LogP contribution in [0, 0.1) is 0 Å². The second-order valence-electron chi connectivity index (χ2n) is 5.08. The van der Waals surface area contributed by atoms with Crippen LogP contribution in [0.5, 0.6) is 0 Å². The molecule has 132 valence electrons. The van der Waals surface area contributed by atoms with Crippen LogP contribution in [0.4, 0.5) is 0 Å². The van der Waals surface area contributed by atoms with Crippen LogP contribution >= 0.6 is 24.0 Å². The lowest BCUT2D eigenvalue weighted by Gasteiger charge is -2.22. The lowest BCUT2D eigenvalue weighted by Crippen LogP contribution is -2.42. The molecule has 0 amide bonds. The van der Waals surface area contributed by atoms with E-state index in [1.165, 1.54) is 0 Å². The van der Waals surface area contributed by atoms with E-state index < -0.39 is 10.0 Å². The first kappa shape index (κ1) is 21.9. The molecule has 1 saturated heterocycles. The van der Waals surface area contributed by atoms with Crippen molar-refractivity contribution in [2.75, 3.05) is 39.0 Å². The molecule has 0 aromatic heterocycles.